The van der Waals surface area contributed by atoms with Crippen LogP contribution in [0, 0.1) is 23.7 Å². The lowest BCUT2D eigenvalue weighted by Gasteiger charge is -2.57. The molecule has 1 aromatic carbocycles. The summed E-state index contributed by atoms with van der Waals surface area (Å²) in [5, 5.41) is 18.5. The zero-order valence-electron chi connectivity index (χ0n) is 13.6. The number of nitrogens with two attached hydrogens (primary N) is 1. The molecule has 0 radical (unpaired) electrons. The molecule has 24 heavy (non-hydrogen) atoms. The van der Waals surface area contributed by atoms with Crippen LogP contribution in [-0.2, 0) is 0 Å². The van der Waals surface area contributed by atoms with Crippen LogP contribution in [0.3, 0.4) is 0 Å². The summed E-state index contributed by atoms with van der Waals surface area (Å²) in [6.45, 7) is 2.12. The van der Waals surface area contributed by atoms with Crippen LogP contribution in [0.2, 0.25) is 0 Å². The monoisotopic (exact) mass is 322 g/mol. The molecule has 3 aliphatic rings. The molecule has 0 bridgehead atoms. The first-order valence-electron chi connectivity index (χ1n) is 8.87. The second kappa shape index (κ2) is 5.10. The lowest BCUT2D eigenvalue weighted by molar-refractivity contribution is -0.0786. The molecule has 124 valence electrons. The summed E-state index contributed by atoms with van der Waals surface area (Å²) in [5.41, 5.74) is 8.49. The molecule has 2 aliphatic carbocycles. The first-order chi connectivity index (χ1) is 11.7. The van der Waals surface area contributed by atoms with Gasteiger partial charge in [-0.2, -0.15) is 0 Å². The lowest BCUT2D eigenvalue weighted by Crippen LogP contribution is -2.52. The number of para-hydroxylation sites is 1. The van der Waals surface area contributed by atoms with E-state index in [0.29, 0.717) is 17.1 Å². The number of benzene rings is 1. The van der Waals surface area contributed by atoms with Crippen LogP contribution in [0.4, 0.5) is 11.5 Å². The molecule has 3 N–H and O–H groups in total. The van der Waals surface area contributed by atoms with Crippen LogP contribution in [0.25, 0.3) is 11.3 Å². The Kier molecular flexibility index (Phi) is 2.99. The highest BCUT2D eigenvalue weighted by atomic mass is 16.3. The average molecular weight is 322 g/mol. The standard InChI is InChI=1S/C19H22N4O/c20-19-16(9-15(21-22-19)14-3-1-2-4-17(14)24)23-6-5-11-7-12-8-13(10-23)18(11)12/h1-4,9,11-13,18,24H,5-8,10H2,(H2,20,22)/t11-,12?,13+,18?/m1/s1. The quantitative estimate of drug-likeness (QED) is 0.889. The molecule has 5 heteroatoms. The van der Waals surface area contributed by atoms with Gasteiger partial charge in [0.25, 0.3) is 0 Å². The van der Waals surface area contributed by atoms with Gasteiger partial charge in [-0.15, -0.1) is 10.2 Å². The van der Waals surface area contributed by atoms with Gasteiger partial charge in [0.2, 0.25) is 0 Å². The summed E-state index contributed by atoms with van der Waals surface area (Å²) in [4.78, 5) is 2.40. The van der Waals surface area contributed by atoms with Gasteiger partial charge in [-0.05, 0) is 61.1 Å². The summed E-state index contributed by atoms with van der Waals surface area (Å²) < 4.78 is 0. The Morgan fingerprint density at radius 3 is 2.75 bits per heavy atom. The van der Waals surface area contributed by atoms with Gasteiger partial charge >= 0.3 is 0 Å². The largest absolute Gasteiger partial charge is 0.507 e. The maximum absolute atomic E-state index is 10.1. The molecule has 0 spiro atoms. The third-order valence-corrected chi connectivity index (χ3v) is 6.39. The van der Waals surface area contributed by atoms with Crippen LogP contribution in [0.5, 0.6) is 5.75 Å². The number of hydrogen-bond donors (Lipinski definition) is 2. The van der Waals surface area contributed by atoms with Crippen molar-refractivity contribution in [1.82, 2.24) is 10.2 Å². The van der Waals surface area contributed by atoms with Crippen LogP contribution in [-0.4, -0.2) is 28.4 Å². The lowest BCUT2D eigenvalue weighted by atomic mass is 9.48. The molecule has 5 nitrogen and oxygen atoms in total. The van der Waals surface area contributed by atoms with E-state index >= 15 is 0 Å². The van der Waals surface area contributed by atoms with Crippen LogP contribution < -0.4 is 10.6 Å². The summed E-state index contributed by atoms with van der Waals surface area (Å²) >= 11 is 0. The van der Waals surface area contributed by atoms with Crippen LogP contribution in [0.1, 0.15) is 19.3 Å². The Labute approximate surface area is 141 Å². The summed E-state index contributed by atoms with van der Waals surface area (Å²) in [6, 6.07) is 9.22. The normalized spacial score (nSPS) is 30.8. The van der Waals surface area contributed by atoms with Gasteiger partial charge in [0, 0.05) is 18.7 Å². The number of nitrogen functional groups attached to an aromatic ring is 1. The van der Waals surface area contributed by atoms with Gasteiger partial charge in [-0.1, -0.05) is 12.1 Å². The molecule has 1 saturated heterocycles. The van der Waals surface area contributed by atoms with Crippen LogP contribution in [0.15, 0.2) is 30.3 Å². The molecule has 2 saturated carbocycles. The molecule has 2 unspecified atom stereocenters. The first kappa shape index (κ1) is 14.1. The van der Waals surface area contributed by atoms with Gasteiger partial charge in [0.05, 0.1) is 11.4 Å². The van der Waals surface area contributed by atoms with E-state index in [4.69, 9.17) is 5.73 Å². The molecule has 2 heterocycles. The second-order valence-corrected chi connectivity index (χ2v) is 7.58. The topological polar surface area (TPSA) is 75.3 Å². The minimum atomic E-state index is 0.221. The summed E-state index contributed by atoms with van der Waals surface area (Å²) in [7, 11) is 0. The number of hydrogen-bond acceptors (Lipinski definition) is 5. The third kappa shape index (κ3) is 2.00. The Morgan fingerprint density at radius 1 is 1.08 bits per heavy atom. The van der Waals surface area contributed by atoms with Gasteiger partial charge in [0.15, 0.2) is 5.82 Å². The minimum absolute atomic E-state index is 0.221. The van der Waals surface area contributed by atoms with Crippen molar-refractivity contribution in [3.8, 4) is 17.0 Å². The highest BCUT2D eigenvalue weighted by molar-refractivity contribution is 5.74. The van der Waals surface area contributed by atoms with E-state index in [-0.39, 0.29) is 5.75 Å². The highest BCUT2D eigenvalue weighted by Gasteiger charge is 2.54. The summed E-state index contributed by atoms with van der Waals surface area (Å²) in [6.07, 6.45) is 4.07. The molecular weight excluding hydrogens is 300 g/mol. The predicted molar refractivity (Wildman–Crippen MR) is 93.6 cm³/mol. The van der Waals surface area contributed by atoms with E-state index < -0.39 is 0 Å². The molecule has 0 amide bonds. The van der Waals surface area contributed by atoms with Crippen molar-refractivity contribution in [2.24, 2.45) is 23.7 Å². The maximum Gasteiger partial charge on any atom is 0.169 e. The predicted octanol–water partition coefficient (Wildman–Crippen LogP) is 2.91. The van der Waals surface area contributed by atoms with Gasteiger partial charge in [-0.3, -0.25) is 0 Å². The molecule has 1 aliphatic heterocycles. The van der Waals surface area contributed by atoms with Gasteiger partial charge < -0.3 is 15.7 Å². The number of rotatable bonds is 2. The van der Waals surface area contributed by atoms with Crippen molar-refractivity contribution in [3.05, 3.63) is 30.3 Å². The molecular formula is C19H22N4O. The maximum atomic E-state index is 10.1. The molecule has 3 fully saturated rings. The van der Waals surface area contributed by atoms with E-state index in [9.17, 15) is 5.11 Å². The number of aromatic hydroxyl groups is 1. The SMILES string of the molecule is Nc1nnc(-c2ccccc2O)cc1N1CC[C@@H]2CC3C[C@@H](C1)C32. The van der Waals surface area contributed by atoms with Crippen molar-refractivity contribution >= 4 is 11.5 Å². The highest BCUT2D eigenvalue weighted by Crippen LogP contribution is 2.60. The smallest absolute Gasteiger partial charge is 0.169 e. The summed E-state index contributed by atoms with van der Waals surface area (Å²) in [5.74, 6) is 4.41. The van der Waals surface area contributed by atoms with E-state index in [1.54, 1.807) is 6.07 Å². The minimum Gasteiger partial charge on any atom is -0.507 e. The average Bonchev–Trinajstić information content (AvgIpc) is 2.63. The Bertz CT molecular complexity index is 793. The third-order valence-electron chi connectivity index (χ3n) is 6.39. The van der Waals surface area contributed by atoms with Gasteiger partial charge in [-0.25, -0.2) is 0 Å². The van der Waals surface area contributed by atoms with Crippen molar-refractivity contribution in [2.75, 3.05) is 23.7 Å². The van der Waals surface area contributed by atoms with Crippen molar-refractivity contribution in [1.29, 1.82) is 0 Å². The second-order valence-electron chi connectivity index (χ2n) is 7.58. The van der Waals surface area contributed by atoms with E-state index in [0.717, 1.165) is 42.4 Å². The molecule has 1 aromatic heterocycles. The number of nitrogens with zero attached hydrogens (tertiary/aromatic N) is 3. The number of anilines is 2. The zero-order valence-corrected chi connectivity index (χ0v) is 13.6. The van der Waals surface area contributed by atoms with Gasteiger partial charge in [0.1, 0.15) is 5.75 Å². The molecule has 2 aromatic rings. The van der Waals surface area contributed by atoms with E-state index in [1.807, 2.05) is 24.3 Å². The van der Waals surface area contributed by atoms with Crippen molar-refractivity contribution in [3.63, 3.8) is 0 Å². The van der Waals surface area contributed by atoms with E-state index in [2.05, 4.69) is 15.1 Å². The Morgan fingerprint density at radius 2 is 1.92 bits per heavy atom. The van der Waals surface area contributed by atoms with Crippen molar-refractivity contribution in [2.45, 2.75) is 19.3 Å². The number of phenols is 1. The van der Waals surface area contributed by atoms with Crippen LogP contribution >= 0.6 is 0 Å². The fourth-order valence-electron chi connectivity index (χ4n) is 5.15. The Balaban J connectivity index is 1.49. The number of phenolic OH excluding ortho intramolecular Hbond substituents is 1. The fraction of sp³-hybridized carbons (Fsp3) is 0.474. The molecule has 5 rings (SSSR count). The fourth-order valence-corrected chi connectivity index (χ4v) is 5.15. The molecule has 4 atom stereocenters. The Hall–Kier alpha value is -2.30. The van der Waals surface area contributed by atoms with Crippen molar-refractivity contribution < 1.29 is 5.11 Å². The number of aromatic nitrogens is 2. The zero-order chi connectivity index (χ0) is 16.3. The van der Waals surface area contributed by atoms with E-state index in [1.165, 1.54) is 19.3 Å². The first-order valence-corrected chi connectivity index (χ1v) is 8.87.